The summed E-state index contributed by atoms with van der Waals surface area (Å²) in [7, 11) is 1.59. The molecule has 3 aromatic carbocycles. The third kappa shape index (κ3) is 5.30. The highest BCUT2D eigenvalue weighted by Gasteiger charge is 2.33. The summed E-state index contributed by atoms with van der Waals surface area (Å²) in [4.78, 5) is 34.1. The van der Waals surface area contributed by atoms with Crippen LogP contribution in [-0.4, -0.2) is 58.0 Å². The van der Waals surface area contributed by atoms with Gasteiger partial charge in [-0.05, 0) is 72.0 Å². The van der Waals surface area contributed by atoms with Crippen LogP contribution in [0.25, 0.3) is 4.96 Å². The number of nitrogens with zero attached hydrogens (tertiary/aromatic N) is 3. The van der Waals surface area contributed by atoms with E-state index < -0.39 is 5.91 Å². The maximum atomic E-state index is 13.9. The number of benzene rings is 3. The van der Waals surface area contributed by atoms with Gasteiger partial charge >= 0.3 is 0 Å². The third-order valence-electron chi connectivity index (χ3n) is 7.95. The van der Waals surface area contributed by atoms with Crippen LogP contribution in [0.15, 0.2) is 72.4 Å². The molecule has 1 unspecified atom stereocenters. The molecule has 1 atom stereocenters. The Morgan fingerprint density at radius 1 is 1.16 bits per heavy atom. The number of carbonyl (C=O) groups excluding carboxylic acids is 2. The van der Waals surface area contributed by atoms with E-state index in [0.717, 1.165) is 27.3 Å². The molecule has 8 bridgehead atoms. The van der Waals surface area contributed by atoms with Crippen LogP contribution in [-0.2, 0) is 17.6 Å². The smallest absolute Gasteiger partial charge is 0.255 e. The summed E-state index contributed by atoms with van der Waals surface area (Å²) < 4.78 is 19.8. The second kappa shape index (κ2) is 11.6. The van der Waals surface area contributed by atoms with Gasteiger partial charge in [0, 0.05) is 30.9 Å². The normalized spacial score (nSPS) is 16.4. The van der Waals surface area contributed by atoms with Gasteiger partial charge in [-0.2, -0.15) is 0 Å². The summed E-state index contributed by atoms with van der Waals surface area (Å²) in [5.41, 5.74) is 3.80. The molecule has 5 aromatic rings. The molecule has 0 spiro atoms. The Labute approximate surface area is 257 Å². The van der Waals surface area contributed by atoms with Crippen LogP contribution in [0.5, 0.6) is 28.7 Å². The van der Waals surface area contributed by atoms with Crippen LogP contribution in [0, 0.1) is 0 Å². The maximum Gasteiger partial charge on any atom is 0.255 e. The van der Waals surface area contributed by atoms with Crippen molar-refractivity contribution < 1.29 is 28.9 Å². The van der Waals surface area contributed by atoms with Gasteiger partial charge in [0.15, 0.2) is 16.5 Å². The fourth-order valence-electron chi connectivity index (χ4n) is 5.84. The van der Waals surface area contributed by atoms with Gasteiger partial charge in [-0.15, -0.1) is 11.3 Å². The molecule has 0 radical (unpaired) electrons. The van der Waals surface area contributed by atoms with E-state index in [1.807, 2.05) is 63.5 Å². The van der Waals surface area contributed by atoms with Crippen molar-refractivity contribution in [3.63, 3.8) is 0 Å². The number of fused-ring (bicyclic) bond motifs is 7. The zero-order chi connectivity index (χ0) is 30.2. The molecule has 0 aliphatic carbocycles. The van der Waals surface area contributed by atoms with Gasteiger partial charge in [-0.1, -0.05) is 12.1 Å². The Bertz CT molecular complexity index is 1850. The molecule has 2 N–H and O–H groups in total. The minimum atomic E-state index is -0.401. The van der Waals surface area contributed by atoms with E-state index >= 15 is 0 Å². The lowest BCUT2D eigenvalue weighted by atomic mass is 9.87. The predicted molar refractivity (Wildman–Crippen MR) is 164 cm³/mol. The Kier molecular flexibility index (Phi) is 7.31. The Balaban J connectivity index is 1.29. The molecule has 11 heteroatoms. The molecular formula is C33H30N4O6S. The quantitative estimate of drug-likeness (QED) is 0.291. The first-order chi connectivity index (χ1) is 21.5. The van der Waals surface area contributed by atoms with Crippen molar-refractivity contribution >= 4 is 28.1 Å². The van der Waals surface area contributed by atoms with E-state index in [-0.39, 0.29) is 29.7 Å². The maximum absolute atomic E-state index is 13.9. The molecule has 0 saturated carbocycles. The minimum Gasteiger partial charge on any atom is -0.507 e. The van der Waals surface area contributed by atoms with Crippen LogP contribution in [0.4, 0.5) is 0 Å². The number of hydrogen-bond donors (Lipinski definition) is 2. The highest BCUT2D eigenvalue weighted by Crippen LogP contribution is 2.41. The summed E-state index contributed by atoms with van der Waals surface area (Å²) in [5, 5.41) is 15.1. The van der Waals surface area contributed by atoms with Crippen LogP contribution < -0.4 is 19.5 Å². The average molecular weight is 611 g/mol. The molecule has 224 valence electrons. The van der Waals surface area contributed by atoms with Crippen molar-refractivity contribution in [3.05, 3.63) is 100 Å². The number of aromatic nitrogens is 2. The van der Waals surface area contributed by atoms with E-state index in [2.05, 4.69) is 10.3 Å². The zero-order valence-corrected chi connectivity index (χ0v) is 24.8. The fourth-order valence-corrected chi connectivity index (χ4v) is 6.56. The van der Waals surface area contributed by atoms with Gasteiger partial charge in [0.1, 0.15) is 17.2 Å². The Morgan fingerprint density at radius 3 is 2.89 bits per heavy atom. The summed E-state index contributed by atoms with van der Waals surface area (Å²) in [6, 6.07) is 15.8. The number of amides is 2. The molecular weight excluding hydrogens is 580 g/mol. The van der Waals surface area contributed by atoms with Crippen molar-refractivity contribution in [3.8, 4) is 28.7 Å². The van der Waals surface area contributed by atoms with E-state index in [9.17, 15) is 14.7 Å². The molecule has 8 rings (SSSR count). The largest absolute Gasteiger partial charge is 0.507 e. The van der Waals surface area contributed by atoms with Gasteiger partial charge in [0.2, 0.25) is 5.91 Å². The summed E-state index contributed by atoms with van der Waals surface area (Å²) >= 11 is 1.54. The second-order valence-electron chi connectivity index (χ2n) is 10.8. The predicted octanol–water partition coefficient (Wildman–Crippen LogP) is 5.13. The minimum absolute atomic E-state index is 0.0143. The topological polar surface area (TPSA) is 115 Å². The lowest BCUT2D eigenvalue weighted by molar-refractivity contribution is -0.132. The van der Waals surface area contributed by atoms with E-state index in [1.54, 1.807) is 13.2 Å². The van der Waals surface area contributed by atoms with Gasteiger partial charge in [0.05, 0.1) is 37.4 Å². The third-order valence-corrected chi connectivity index (χ3v) is 8.73. The number of imidazole rings is 1. The number of methoxy groups -OCH3 is 1. The molecule has 44 heavy (non-hydrogen) atoms. The average Bonchev–Trinajstić information content (AvgIpc) is 3.62. The van der Waals surface area contributed by atoms with E-state index in [1.165, 1.54) is 23.5 Å². The summed E-state index contributed by atoms with van der Waals surface area (Å²) in [5.74, 6) is 1.61. The number of nitrogens with one attached hydrogen (secondary N) is 1. The molecule has 2 amide bonds. The second-order valence-corrected chi connectivity index (χ2v) is 11.6. The molecule has 2 aromatic heterocycles. The number of ether oxygens (including phenoxy) is 3. The van der Waals surface area contributed by atoms with E-state index in [4.69, 9.17) is 14.2 Å². The number of aromatic hydroxyl groups is 1. The number of carbonyl (C=O) groups is 2. The number of thiazole rings is 1. The number of rotatable bonds is 3. The van der Waals surface area contributed by atoms with Crippen LogP contribution >= 0.6 is 11.3 Å². The monoisotopic (exact) mass is 610 g/mol. The highest BCUT2D eigenvalue weighted by atomic mass is 32.1. The first kappa shape index (κ1) is 27.8. The first-order valence-electron chi connectivity index (χ1n) is 14.4. The fraction of sp³-hybridized carbons (Fsp3) is 0.242. The first-order valence-corrected chi connectivity index (χ1v) is 15.3. The standard InChI is InChI=1S/C33H30N4O6S/c1-41-28-8-3-21-16-29(28)42-13-2-10-34-32(40)26-18-24(5-7-27(26)38)43-23-4-6-25-20(15-23)9-11-37(31(21)25)30(39)17-22-19-36-12-14-44-33(36)35-22/h3-8,12,14-16,18-19,31,38H,2,9-11,13,17H2,1H3,(H,34,40). The molecule has 5 heterocycles. The summed E-state index contributed by atoms with van der Waals surface area (Å²) in [6.45, 7) is 1.17. The van der Waals surface area contributed by atoms with Crippen molar-refractivity contribution in [2.45, 2.75) is 25.3 Å². The van der Waals surface area contributed by atoms with Crippen LogP contribution in [0.3, 0.4) is 0 Å². The SMILES string of the molecule is COc1ccc2cc1OCCCNC(=O)c1cc(ccc1O)Oc1ccc3c(c1)CCN(C(=O)Cc1cn4ccsc4n1)C23. The lowest BCUT2D eigenvalue weighted by Crippen LogP contribution is -2.41. The van der Waals surface area contributed by atoms with Gasteiger partial charge in [0.25, 0.3) is 5.91 Å². The number of phenolic OH excluding ortho intramolecular Hbond substituents is 1. The number of phenols is 1. The van der Waals surface area contributed by atoms with Crippen molar-refractivity contribution in [2.24, 2.45) is 0 Å². The Morgan fingerprint density at radius 2 is 2.02 bits per heavy atom. The Hall–Kier alpha value is -5.03. The zero-order valence-electron chi connectivity index (χ0n) is 24.0. The highest BCUT2D eigenvalue weighted by molar-refractivity contribution is 7.15. The van der Waals surface area contributed by atoms with Gasteiger partial charge < -0.3 is 29.5 Å². The molecule has 10 nitrogen and oxygen atoms in total. The van der Waals surface area contributed by atoms with Crippen molar-refractivity contribution in [1.82, 2.24) is 19.6 Å². The van der Waals surface area contributed by atoms with Crippen molar-refractivity contribution in [1.29, 1.82) is 0 Å². The molecule has 3 aliphatic rings. The van der Waals surface area contributed by atoms with Gasteiger partial charge in [-0.3, -0.25) is 14.0 Å². The molecule has 0 fully saturated rings. The van der Waals surface area contributed by atoms with Gasteiger partial charge in [-0.25, -0.2) is 4.98 Å². The number of hydrogen-bond acceptors (Lipinski definition) is 8. The molecule has 0 saturated heterocycles. The van der Waals surface area contributed by atoms with Crippen LogP contribution in [0.1, 0.15) is 45.2 Å². The summed E-state index contributed by atoms with van der Waals surface area (Å²) in [6.07, 6.45) is 5.20. The van der Waals surface area contributed by atoms with E-state index in [0.29, 0.717) is 55.5 Å². The lowest BCUT2D eigenvalue weighted by Gasteiger charge is -2.38. The van der Waals surface area contributed by atoms with Crippen molar-refractivity contribution in [2.75, 3.05) is 26.8 Å². The molecule has 3 aliphatic heterocycles. The van der Waals surface area contributed by atoms with Crippen LogP contribution in [0.2, 0.25) is 0 Å².